The molecule has 0 spiro atoms. The van der Waals surface area contributed by atoms with Crippen molar-refractivity contribution in [3.63, 3.8) is 0 Å². The Labute approximate surface area is 232 Å². The number of rotatable bonds is 10. The number of fused-ring (bicyclic) bond motifs is 1. The van der Waals surface area contributed by atoms with E-state index in [-0.39, 0.29) is 30.2 Å². The molecule has 4 rings (SSSR count). The summed E-state index contributed by atoms with van der Waals surface area (Å²) in [6, 6.07) is 13.2. The maximum Gasteiger partial charge on any atom is 0.412 e. The first kappa shape index (κ1) is 28.5. The highest BCUT2D eigenvalue weighted by Gasteiger charge is 2.23. The van der Waals surface area contributed by atoms with Crippen molar-refractivity contribution in [2.24, 2.45) is 0 Å². The number of pyridine rings is 1. The topological polar surface area (TPSA) is 98.8 Å². The zero-order valence-corrected chi connectivity index (χ0v) is 22.7. The molecule has 0 saturated carbocycles. The van der Waals surface area contributed by atoms with Gasteiger partial charge in [-0.2, -0.15) is 0 Å². The number of benzene rings is 2. The van der Waals surface area contributed by atoms with Crippen molar-refractivity contribution in [3.05, 3.63) is 71.1 Å². The van der Waals surface area contributed by atoms with Crippen LogP contribution in [-0.4, -0.2) is 79.3 Å². The predicted octanol–water partition coefficient (Wildman–Crippen LogP) is 4.47. The van der Waals surface area contributed by atoms with E-state index in [0.29, 0.717) is 17.8 Å². The molecule has 2 aromatic carbocycles. The van der Waals surface area contributed by atoms with Crippen molar-refractivity contribution in [2.75, 3.05) is 51.7 Å². The van der Waals surface area contributed by atoms with Gasteiger partial charge in [-0.15, -0.1) is 0 Å². The molecule has 0 aliphatic carbocycles. The Morgan fingerprint density at radius 1 is 1.18 bits per heavy atom. The molecule has 1 saturated heterocycles. The fraction of sp³-hybridized carbons (Fsp3) is 0.393. The van der Waals surface area contributed by atoms with Gasteiger partial charge < -0.3 is 25.2 Å². The maximum atomic E-state index is 13.8. The number of amides is 3. The number of hydrogen-bond acceptors (Lipinski definition) is 6. The Morgan fingerprint density at radius 2 is 1.95 bits per heavy atom. The van der Waals surface area contributed by atoms with Crippen molar-refractivity contribution in [2.45, 2.75) is 25.4 Å². The average Bonchev–Trinajstić information content (AvgIpc) is 2.95. The summed E-state index contributed by atoms with van der Waals surface area (Å²) >= 11 is 6.03. The summed E-state index contributed by atoms with van der Waals surface area (Å²) in [5, 5.41) is 10.7. The summed E-state index contributed by atoms with van der Waals surface area (Å²) in [5.41, 5.74) is 0.479. The molecule has 1 aliphatic rings. The molecule has 208 valence electrons. The number of carbonyl (C=O) groups is 2. The molecule has 1 atom stereocenters. The summed E-state index contributed by atoms with van der Waals surface area (Å²) < 4.78 is 19.3. The molecule has 3 amide bonds. The lowest BCUT2D eigenvalue weighted by Gasteiger charge is -2.30. The molecule has 39 heavy (non-hydrogen) atoms. The molecule has 2 heterocycles. The monoisotopic (exact) mass is 556 g/mol. The largest absolute Gasteiger partial charge is 0.447 e. The second-order valence-corrected chi connectivity index (χ2v) is 9.89. The number of urea groups is 1. The summed E-state index contributed by atoms with van der Waals surface area (Å²) in [7, 11) is 1.66. The van der Waals surface area contributed by atoms with Gasteiger partial charge in [0.15, 0.2) is 0 Å². The average molecular weight is 557 g/mol. The van der Waals surface area contributed by atoms with Crippen LogP contribution in [0, 0.1) is 5.82 Å². The van der Waals surface area contributed by atoms with Crippen LogP contribution in [0.5, 0.6) is 0 Å². The molecule has 3 aromatic rings. The Morgan fingerprint density at radius 3 is 2.74 bits per heavy atom. The van der Waals surface area contributed by atoms with E-state index < -0.39 is 11.9 Å². The van der Waals surface area contributed by atoms with E-state index in [2.05, 4.69) is 25.8 Å². The van der Waals surface area contributed by atoms with Gasteiger partial charge in [-0.05, 0) is 42.5 Å². The minimum atomic E-state index is -0.648. The van der Waals surface area contributed by atoms with Crippen molar-refractivity contribution in [1.29, 1.82) is 0 Å². The van der Waals surface area contributed by atoms with Crippen molar-refractivity contribution < 1.29 is 18.7 Å². The second-order valence-electron chi connectivity index (χ2n) is 9.51. The first-order valence-corrected chi connectivity index (χ1v) is 13.4. The molecule has 1 aromatic heterocycles. The number of hydrogen-bond donors (Lipinski definition) is 3. The third-order valence-corrected chi connectivity index (χ3v) is 7.24. The summed E-state index contributed by atoms with van der Waals surface area (Å²) in [4.78, 5) is 33.7. The first-order valence-electron chi connectivity index (χ1n) is 13.1. The predicted molar refractivity (Wildman–Crippen MR) is 150 cm³/mol. The maximum absolute atomic E-state index is 13.8. The van der Waals surface area contributed by atoms with Crippen LogP contribution >= 0.6 is 11.6 Å². The van der Waals surface area contributed by atoms with Gasteiger partial charge in [0, 0.05) is 51.4 Å². The molecule has 1 fully saturated rings. The van der Waals surface area contributed by atoms with Gasteiger partial charge in [-0.1, -0.05) is 48.0 Å². The Kier molecular flexibility index (Phi) is 10.3. The third-order valence-electron chi connectivity index (χ3n) is 6.82. The molecular formula is C28H34ClFN6O3. The first-order chi connectivity index (χ1) is 18.9. The number of aromatic nitrogens is 1. The minimum Gasteiger partial charge on any atom is -0.447 e. The Balaban J connectivity index is 1.34. The second kappa shape index (κ2) is 14.1. The zero-order chi connectivity index (χ0) is 27.6. The van der Waals surface area contributed by atoms with Gasteiger partial charge in [0.05, 0.1) is 11.1 Å². The van der Waals surface area contributed by atoms with E-state index in [9.17, 15) is 14.0 Å². The molecular weight excluding hydrogens is 523 g/mol. The molecule has 9 nitrogen and oxygen atoms in total. The van der Waals surface area contributed by atoms with Crippen LogP contribution in [0.1, 0.15) is 18.4 Å². The lowest BCUT2D eigenvalue weighted by atomic mass is 10.1. The highest BCUT2D eigenvalue weighted by atomic mass is 35.5. The number of halogens is 2. The van der Waals surface area contributed by atoms with Gasteiger partial charge in [0.2, 0.25) is 0 Å². The third kappa shape index (κ3) is 8.26. The number of nitrogens with one attached hydrogen (secondary N) is 3. The summed E-state index contributed by atoms with van der Waals surface area (Å²) in [5.74, 6) is -0.157. The number of likely N-dealkylation sites (N-methyl/N-ethyl adjacent to an activating group) is 1. The lowest BCUT2D eigenvalue weighted by molar-refractivity contribution is 0.110. The quantitative estimate of drug-likeness (QED) is 0.341. The van der Waals surface area contributed by atoms with Crippen LogP contribution in [-0.2, 0) is 11.3 Å². The molecule has 3 N–H and O–H groups in total. The van der Waals surface area contributed by atoms with Gasteiger partial charge in [0.25, 0.3) is 0 Å². The van der Waals surface area contributed by atoms with Crippen LogP contribution < -0.4 is 16.0 Å². The number of anilines is 1. The van der Waals surface area contributed by atoms with Crippen molar-refractivity contribution in [1.82, 2.24) is 25.4 Å². The van der Waals surface area contributed by atoms with Crippen LogP contribution in [0.15, 0.2) is 54.7 Å². The smallest absolute Gasteiger partial charge is 0.412 e. The fourth-order valence-electron chi connectivity index (χ4n) is 4.48. The molecule has 0 bridgehead atoms. The van der Waals surface area contributed by atoms with Crippen LogP contribution in [0.3, 0.4) is 0 Å². The SMILES string of the molecule is CN(C(=O)NCc1cccc(F)c1Cl)[C@@H](CCCN1CCNCC1)COC(=O)Nc1cc2ccccc2cn1. The molecule has 11 heteroatoms. The highest BCUT2D eigenvalue weighted by molar-refractivity contribution is 6.31. The summed E-state index contributed by atoms with van der Waals surface area (Å²) in [6.07, 6.45) is 2.50. The van der Waals surface area contributed by atoms with Gasteiger partial charge in [0.1, 0.15) is 18.2 Å². The lowest BCUT2D eigenvalue weighted by Crippen LogP contribution is -2.47. The molecule has 0 radical (unpaired) electrons. The van der Waals surface area contributed by atoms with E-state index >= 15 is 0 Å². The fourth-order valence-corrected chi connectivity index (χ4v) is 4.68. The van der Waals surface area contributed by atoms with Gasteiger partial charge in [-0.25, -0.2) is 19.0 Å². The number of carbonyl (C=O) groups excluding carboxylic acids is 2. The minimum absolute atomic E-state index is 0.00557. The Hall–Kier alpha value is -3.47. The molecule has 1 aliphatic heterocycles. The van der Waals surface area contributed by atoms with Crippen molar-refractivity contribution >= 4 is 40.3 Å². The van der Waals surface area contributed by atoms with E-state index in [1.54, 1.807) is 31.4 Å². The normalized spacial score (nSPS) is 14.5. The number of ether oxygens (including phenoxy) is 1. The summed E-state index contributed by atoms with van der Waals surface area (Å²) in [6.45, 7) is 4.84. The zero-order valence-electron chi connectivity index (χ0n) is 22.0. The van der Waals surface area contributed by atoms with Crippen LogP contribution in [0.4, 0.5) is 19.8 Å². The molecule has 0 unspecified atom stereocenters. The van der Waals surface area contributed by atoms with E-state index in [4.69, 9.17) is 16.3 Å². The van der Waals surface area contributed by atoms with E-state index in [0.717, 1.165) is 49.9 Å². The number of piperazine rings is 1. The standard InChI is InChI=1S/C28H34ClFN6O3/c1-35(27(37)33-18-22-8-4-10-24(30)26(22)29)23(9-5-13-36-14-11-31-12-15-36)19-39-28(38)34-25-16-20-6-2-3-7-21(20)17-32-25/h2-4,6-8,10,16-17,23,31H,5,9,11-15,18-19H2,1H3,(H,33,37)(H,32,34,38)/t23-/m0/s1. The van der Waals surface area contributed by atoms with Gasteiger partial charge >= 0.3 is 12.1 Å². The van der Waals surface area contributed by atoms with E-state index in [1.807, 2.05) is 24.3 Å². The Bertz CT molecular complexity index is 1270. The van der Waals surface area contributed by atoms with Gasteiger partial charge in [-0.3, -0.25) is 5.32 Å². The number of nitrogens with zero attached hydrogens (tertiary/aromatic N) is 3. The van der Waals surface area contributed by atoms with Crippen molar-refractivity contribution in [3.8, 4) is 0 Å². The highest BCUT2D eigenvalue weighted by Crippen LogP contribution is 2.20. The van der Waals surface area contributed by atoms with Crippen LogP contribution in [0.25, 0.3) is 10.8 Å². The van der Waals surface area contributed by atoms with E-state index in [1.165, 1.54) is 11.0 Å². The van der Waals surface area contributed by atoms with Crippen LogP contribution in [0.2, 0.25) is 5.02 Å².